The van der Waals surface area contributed by atoms with Crippen LogP contribution in [-0.4, -0.2) is 279 Å². The number of rotatable bonds is 19. The van der Waals surface area contributed by atoms with Gasteiger partial charge >= 0.3 is 11.9 Å². The maximum absolute atomic E-state index is 12.7. The highest BCUT2D eigenvalue weighted by atomic mass is 16.8. The van der Waals surface area contributed by atoms with Crippen LogP contribution in [0.4, 0.5) is 0 Å². The van der Waals surface area contributed by atoms with Gasteiger partial charge in [-0.25, -0.2) is 9.59 Å². The van der Waals surface area contributed by atoms with E-state index in [0.29, 0.717) is 0 Å². The maximum atomic E-state index is 12.7. The first-order valence-electron chi connectivity index (χ1n) is 20.0. The van der Waals surface area contributed by atoms with Gasteiger partial charge in [0.05, 0.1) is 25.9 Å². The van der Waals surface area contributed by atoms with Crippen LogP contribution >= 0.6 is 0 Å². The predicted octanol–water partition coefficient (Wildman–Crippen LogP) is -7.85. The van der Waals surface area contributed by atoms with Crippen molar-refractivity contribution < 1.29 is 132 Å². The fraction of sp³-hybridized carbons (Fsp3) is 0.944. The van der Waals surface area contributed by atoms with Crippen LogP contribution in [0.3, 0.4) is 0 Å². The topological polar surface area (TPSA) is 401 Å². The van der Waals surface area contributed by atoms with E-state index >= 15 is 0 Å². The van der Waals surface area contributed by atoms with Gasteiger partial charge in [0.2, 0.25) is 0 Å². The van der Waals surface area contributed by atoms with Crippen molar-refractivity contribution in [3.63, 3.8) is 0 Å². The molecule has 0 aromatic heterocycles. The number of methoxy groups -OCH3 is 6. The summed E-state index contributed by atoms with van der Waals surface area (Å²) >= 11 is 0. The molecule has 0 bridgehead atoms. The maximum Gasteiger partial charge on any atom is 0.335 e. The van der Waals surface area contributed by atoms with Crippen LogP contribution in [0.2, 0.25) is 0 Å². The number of ether oxygens (including phenoxy) is 15. The van der Waals surface area contributed by atoms with Crippen molar-refractivity contribution in [1.82, 2.24) is 0 Å². The number of hydrogen-bond acceptors (Lipinski definition) is 26. The van der Waals surface area contributed by atoms with E-state index in [0.717, 1.165) is 14.2 Å². The molecule has 5 fully saturated rings. The molecule has 0 aromatic rings. The Labute approximate surface area is 365 Å². The van der Waals surface area contributed by atoms with Gasteiger partial charge in [0, 0.05) is 42.7 Å². The molecule has 5 saturated heterocycles. The van der Waals surface area contributed by atoms with Gasteiger partial charge in [-0.15, -0.1) is 0 Å². The Balaban J connectivity index is 1.33. The first kappa shape index (κ1) is 52.9. The van der Waals surface area contributed by atoms with Crippen LogP contribution < -0.4 is 5.73 Å². The van der Waals surface area contributed by atoms with Crippen molar-refractivity contribution in [3.05, 3.63) is 0 Å². The minimum atomic E-state index is -2.11. The summed E-state index contributed by atoms with van der Waals surface area (Å²) in [4.78, 5) is 25.4. The molecule has 0 aromatic carbocycles. The van der Waals surface area contributed by atoms with Gasteiger partial charge in [-0.1, -0.05) is 0 Å². The number of aliphatic hydroxyl groups excluding tert-OH is 8. The second-order valence-electron chi connectivity index (χ2n) is 15.4. The SMILES string of the molecule is COC1C(OC)[C@H](O[C@H]2O[C@@H](CO)[C@@H](O[C@@H]3OC(C(=O)O)[C@@H](O[C@@H]4OC(CO)[C@H](OC)[C@H](OC)C4N)[C@H](OC)C3OC)C(O)C2O)[C@H](C(=O)O)O[C@@H]1O[C@@H]1C(CO)O[C@H](O)C(O)[C@H]1O. The molecule has 5 heterocycles. The van der Waals surface area contributed by atoms with Gasteiger partial charge in [0.15, 0.2) is 43.7 Å². The van der Waals surface area contributed by atoms with E-state index in [9.17, 15) is 60.7 Å². The molecule has 0 amide bonds. The highest BCUT2D eigenvalue weighted by Crippen LogP contribution is 2.38. The monoisotopic (exact) mass is 939 g/mol. The molecule has 5 rings (SSSR count). The molecule has 5 aliphatic heterocycles. The zero-order valence-corrected chi connectivity index (χ0v) is 35.5. The van der Waals surface area contributed by atoms with Gasteiger partial charge in [0.1, 0.15) is 104 Å². The lowest BCUT2D eigenvalue weighted by Crippen LogP contribution is -2.69. The van der Waals surface area contributed by atoms with E-state index in [-0.39, 0.29) is 0 Å². The zero-order chi connectivity index (χ0) is 47.3. The average Bonchev–Trinajstić information content (AvgIpc) is 3.28. The molecule has 25 atom stereocenters. The number of aliphatic carboxylic acids is 2. The molecular weight excluding hydrogens is 878 g/mol. The van der Waals surface area contributed by atoms with Crippen LogP contribution in [0.25, 0.3) is 0 Å². The molecule has 372 valence electrons. The minimum absolute atomic E-state index is 0.548. The number of carbonyl (C=O) groups is 2. The molecule has 12 N–H and O–H groups in total. The average molecular weight is 940 g/mol. The van der Waals surface area contributed by atoms with Crippen LogP contribution in [0.1, 0.15) is 0 Å². The number of nitrogens with two attached hydrogens (primary N) is 1. The first-order chi connectivity index (χ1) is 30.5. The number of carboxylic acid groups (broad SMARTS) is 2. The van der Waals surface area contributed by atoms with Gasteiger partial charge in [-0.05, 0) is 0 Å². The quantitative estimate of drug-likeness (QED) is 0.0573. The normalized spacial score (nSPS) is 47.9. The third-order valence-electron chi connectivity index (χ3n) is 11.8. The predicted molar refractivity (Wildman–Crippen MR) is 198 cm³/mol. The van der Waals surface area contributed by atoms with Crippen molar-refractivity contribution in [2.24, 2.45) is 5.73 Å². The second-order valence-corrected chi connectivity index (χ2v) is 15.4. The summed E-state index contributed by atoms with van der Waals surface area (Å²) in [5.74, 6) is -3.27. The highest BCUT2D eigenvalue weighted by Gasteiger charge is 2.59. The Morgan fingerprint density at radius 3 is 1.19 bits per heavy atom. The van der Waals surface area contributed by atoms with E-state index in [2.05, 4.69) is 0 Å². The van der Waals surface area contributed by atoms with E-state index in [1.165, 1.54) is 28.4 Å². The molecular formula is C36H61NO27. The Bertz CT molecular complexity index is 1470. The Morgan fingerprint density at radius 1 is 0.422 bits per heavy atom. The van der Waals surface area contributed by atoms with Crippen molar-refractivity contribution in [3.8, 4) is 0 Å². The summed E-state index contributed by atoms with van der Waals surface area (Å²) in [5.41, 5.74) is 6.39. The minimum Gasteiger partial charge on any atom is -0.479 e. The fourth-order valence-electron chi connectivity index (χ4n) is 8.53. The lowest BCUT2D eigenvalue weighted by atomic mass is 9.94. The lowest BCUT2D eigenvalue weighted by molar-refractivity contribution is -0.389. The number of aliphatic hydroxyl groups is 8. The molecule has 10 unspecified atom stereocenters. The summed E-state index contributed by atoms with van der Waals surface area (Å²) in [6.45, 7) is -2.32. The molecule has 0 saturated carbocycles. The first-order valence-corrected chi connectivity index (χ1v) is 20.0. The zero-order valence-electron chi connectivity index (χ0n) is 35.5. The van der Waals surface area contributed by atoms with Gasteiger partial charge in [-0.2, -0.15) is 0 Å². The Kier molecular flexibility index (Phi) is 19.3. The van der Waals surface area contributed by atoms with Crippen molar-refractivity contribution in [2.75, 3.05) is 62.5 Å². The van der Waals surface area contributed by atoms with E-state index in [1.54, 1.807) is 0 Å². The van der Waals surface area contributed by atoms with Crippen molar-refractivity contribution in [1.29, 1.82) is 0 Å². The molecule has 28 heteroatoms. The Morgan fingerprint density at radius 2 is 0.781 bits per heavy atom. The van der Waals surface area contributed by atoms with Crippen LogP contribution in [-0.2, 0) is 80.6 Å². The molecule has 0 radical (unpaired) electrons. The number of hydrogen-bond donors (Lipinski definition) is 11. The molecule has 5 aliphatic rings. The summed E-state index contributed by atoms with van der Waals surface area (Å²) < 4.78 is 85.3. The van der Waals surface area contributed by atoms with Gasteiger partial charge < -0.3 is 128 Å². The van der Waals surface area contributed by atoms with Gasteiger partial charge in [-0.3, -0.25) is 0 Å². The van der Waals surface area contributed by atoms with Crippen LogP contribution in [0.5, 0.6) is 0 Å². The summed E-state index contributed by atoms with van der Waals surface area (Å²) in [7, 11) is 7.40. The summed E-state index contributed by atoms with van der Waals surface area (Å²) in [6.07, 6.45) is -38.7. The summed E-state index contributed by atoms with van der Waals surface area (Å²) in [6, 6.07) is -1.09. The molecule has 28 nitrogen and oxygen atoms in total. The van der Waals surface area contributed by atoms with E-state index < -0.39 is 185 Å². The van der Waals surface area contributed by atoms with E-state index in [1.807, 2.05) is 0 Å². The Hall–Kier alpha value is -2.02. The molecule has 0 spiro atoms. The van der Waals surface area contributed by atoms with E-state index in [4.69, 9.17) is 76.8 Å². The third kappa shape index (κ3) is 10.6. The van der Waals surface area contributed by atoms with Crippen molar-refractivity contribution >= 4 is 11.9 Å². The highest BCUT2D eigenvalue weighted by molar-refractivity contribution is 5.74. The summed E-state index contributed by atoms with van der Waals surface area (Å²) in [5, 5.41) is 105. The third-order valence-corrected chi connectivity index (χ3v) is 11.8. The fourth-order valence-corrected chi connectivity index (χ4v) is 8.53. The smallest absolute Gasteiger partial charge is 0.335 e. The largest absolute Gasteiger partial charge is 0.479 e. The second kappa shape index (κ2) is 23.3. The number of carboxylic acids is 2. The van der Waals surface area contributed by atoms with Crippen molar-refractivity contribution in [2.45, 2.75) is 153 Å². The standard InChI is InChI=1S/C36H61NO27/c1-50-20-12(9-40)57-33(13(37)21(20)51-2)61-24-22(52-3)28(54-5)36(63-26(24)30(45)46)60-19-11(8-39)58-34(17(44)15(19)42)62-25-23(53-4)29(55-6)35(64-27(25)31(47)48)59-18-10(7-38)56-32(49)16(43)14(18)41/h10-29,32-36,38-44,49H,7-9,37H2,1-6H3,(H,45,46)(H,47,48)/t10?,11-,12?,13?,14+,15?,16?,17?,18+,19+,20-,21+,22-,23?,24-,25-,26?,27+,28?,29?,32-,33-,34+,35-,36+/m0/s1. The van der Waals surface area contributed by atoms with Crippen LogP contribution in [0, 0.1) is 0 Å². The van der Waals surface area contributed by atoms with Crippen LogP contribution in [0.15, 0.2) is 0 Å². The lowest BCUT2D eigenvalue weighted by Gasteiger charge is -2.50. The molecule has 64 heavy (non-hydrogen) atoms. The van der Waals surface area contributed by atoms with Gasteiger partial charge in [0.25, 0.3) is 0 Å². The molecule has 0 aliphatic carbocycles.